The third kappa shape index (κ3) is 3.61. The number of aryl methyl sites for hydroxylation is 1. The first-order chi connectivity index (χ1) is 11.2. The van der Waals surface area contributed by atoms with Crippen LogP contribution in [-0.2, 0) is 24.9 Å². The number of carbonyl (C=O) groups is 1. The SMILES string of the molecule is Cn1cc(CNC2CC(=O)N(Cc3ccccc3)C2)cc1C#N. The Hall–Kier alpha value is -2.58. The molecule has 1 saturated heterocycles. The van der Waals surface area contributed by atoms with Crippen LogP contribution in [0.4, 0.5) is 0 Å². The van der Waals surface area contributed by atoms with Gasteiger partial charge in [0.1, 0.15) is 11.8 Å². The van der Waals surface area contributed by atoms with E-state index >= 15 is 0 Å². The number of carbonyl (C=O) groups excluding carboxylic acids is 1. The summed E-state index contributed by atoms with van der Waals surface area (Å²) in [5.74, 6) is 0.192. The second-order valence-electron chi connectivity index (χ2n) is 6.00. The fourth-order valence-corrected chi connectivity index (χ4v) is 2.97. The summed E-state index contributed by atoms with van der Waals surface area (Å²) in [7, 11) is 1.86. The number of nitrogens with one attached hydrogen (secondary N) is 1. The van der Waals surface area contributed by atoms with Crippen LogP contribution >= 0.6 is 0 Å². The molecule has 0 aliphatic carbocycles. The van der Waals surface area contributed by atoms with Crippen molar-refractivity contribution in [3.8, 4) is 6.07 Å². The molecular weight excluding hydrogens is 288 g/mol. The van der Waals surface area contributed by atoms with Gasteiger partial charge in [-0.1, -0.05) is 30.3 Å². The van der Waals surface area contributed by atoms with E-state index in [9.17, 15) is 4.79 Å². The van der Waals surface area contributed by atoms with Crippen molar-refractivity contribution < 1.29 is 4.79 Å². The minimum Gasteiger partial charge on any atom is -0.342 e. The average molecular weight is 308 g/mol. The van der Waals surface area contributed by atoms with Gasteiger partial charge in [-0.05, 0) is 17.2 Å². The number of hydrogen-bond acceptors (Lipinski definition) is 3. The van der Waals surface area contributed by atoms with Crippen molar-refractivity contribution >= 4 is 5.91 Å². The van der Waals surface area contributed by atoms with Crippen LogP contribution in [0, 0.1) is 11.3 Å². The normalized spacial score (nSPS) is 17.5. The minimum atomic E-state index is 0.164. The van der Waals surface area contributed by atoms with Gasteiger partial charge < -0.3 is 14.8 Å². The lowest BCUT2D eigenvalue weighted by Crippen LogP contribution is -2.32. The first-order valence-electron chi connectivity index (χ1n) is 7.76. The third-order valence-electron chi connectivity index (χ3n) is 4.20. The summed E-state index contributed by atoms with van der Waals surface area (Å²) in [6.07, 6.45) is 2.48. The van der Waals surface area contributed by atoms with E-state index in [0.717, 1.165) is 17.7 Å². The standard InChI is InChI=1S/C18H20N4O/c1-21-11-15(7-17(21)9-19)10-20-16-8-18(23)22(13-16)12-14-5-3-2-4-6-14/h2-7,11,16,20H,8,10,12-13H2,1H3. The van der Waals surface area contributed by atoms with Crippen LogP contribution in [0.15, 0.2) is 42.6 Å². The predicted molar refractivity (Wildman–Crippen MR) is 87.2 cm³/mol. The maximum atomic E-state index is 12.1. The van der Waals surface area contributed by atoms with E-state index in [1.54, 1.807) is 0 Å². The number of likely N-dealkylation sites (tertiary alicyclic amines) is 1. The van der Waals surface area contributed by atoms with Gasteiger partial charge >= 0.3 is 0 Å². The molecule has 1 amide bonds. The van der Waals surface area contributed by atoms with E-state index in [1.807, 2.05) is 59.1 Å². The highest BCUT2D eigenvalue weighted by Gasteiger charge is 2.29. The van der Waals surface area contributed by atoms with Crippen LogP contribution in [0.5, 0.6) is 0 Å². The van der Waals surface area contributed by atoms with Crippen molar-refractivity contribution in [2.45, 2.75) is 25.6 Å². The van der Waals surface area contributed by atoms with Gasteiger partial charge in [0.05, 0.1) is 0 Å². The zero-order valence-electron chi connectivity index (χ0n) is 13.2. The van der Waals surface area contributed by atoms with Crippen molar-refractivity contribution in [3.63, 3.8) is 0 Å². The molecule has 0 radical (unpaired) electrons. The molecule has 5 heteroatoms. The van der Waals surface area contributed by atoms with Crippen LogP contribution < -0.4 is 5.32 Å². The molecule has 2 aromatic rings. The molecule has 0 bridgehead atoms. The fraction of sp³-hybridized carbons (Fsp3) is 0.333. The Morgan fingerprint density at radius 2 is 2.09 bits per heavy atom. The number of benzene rings is 1. The summed E-state index contributed by atoms with van der Waals surface area (Å²) in [6.45, 7) is 2.07. The van der Waals surface area contributed by atoms with Gasteiger partial charge in [0.25, 0.3) is 0 Å². The van der Waals surface area contributed by atoms with Crippen molar-refractivity contribution in [2.75, 3.05) is 6.54 Å². The number of amides is 1. The smallest absolute Gasteiger partial charge is 0.224 e. The lowest BCUT2D eigenvalue weighted by atomic mass is 10.2. The highest BCUT2D eigenvalue weighted by Crippen LogP contribution is 2.16. The maximum Gasteiger partial charge on any atom is 0.224 e. The second kappa shape index (κ2) is 6.67. The van der Waals surface area contributed by atoms with Gasteiger partial charge in [0, 0.05) is 45.3 Å². The van der Waals surface area contributed by atoms with Gasteiger partial charge in [-0.15, -0.1) is 0 Å². The molecule has 1 aromatic heterocycles. The third-order valence-corrected chi connectivity index (χ3v) is 4.20. The van der Waals surface area contributed by atoms with E-state index in [1.165, 1.54) is 0 Å². The molecule has 1 N–H and O–H groups in total. The van der Waals surface area contributed by atoms with Crippen LogP contribution in [-0.4, -0.2) is 28.0 Å². The monoisotopic (exact) mass is 308 g/mol. The van der Waals surface area contributed by atoms with Crippen LogP contribution in [0.25, 0.3) is 0 Å². The Kier molecular flexibility index (Phi) is 4.45. The molecule has 1 atom stereocenters. The molecular formula is C18H20N4O. The van der Waals surface area contributed by atoms with Crippen molar-refractivity contribution in [1.29, 1.82) is 5.26 Å². The highest BCUT2D eigenvalue weighted by molar-refractivity contribution is 5.79. The number of nitrogens with zero attached hydrogens (tertiary/aromatic N) is 3. The lowest BCUT2D eigenvalue weighted by Gasteiger charge is -2.17. The Morgan fingerprint density at radius 3 is 2.78 bits per heavy atom. The molecule has 0 spiro atoms. The summed E-state index contributed by atoms with van der Waals surface area (Å²) >= 11 is 0. The van der Waals surface area contributed by atoms with E-state index in [4.69, 9.17) is 5.26 Å². The van der Waals surface area contributed by atoms with Gasteiger partial charge in [0.2, 0.25) is 5.91 Å². The molecule has 1 aliphatic heterocycles. The first-order valence-corrected chi connectivity index (χ1v) is 7.76. The Labute approximate surface area is 136 Å². The van der Waals surface area contributed by atoms with Gasteiger partial charge in [-0.25, -0.2) is 0 Å². The Morgan fingerprint density at radius 1 is 1.30 bits per heavy atom. The van der Waals surface area contributed by atoms with Crippen LogP contribution in [0.2, 0.25) is 0 Å². The molecule has 5 nitrogen and oxygen atoms in total. The molecule has 3 rings (SSSR count). The minimum absolute atomic E-state index is 0.164. The van der Waals surface area contributed by atoms with Gasteiger partial charge in [-0.2, -0.15) is 5.26 Å². The summed E-state index contributed by atoms with van der Waals surface area (Å²) in [4.78, 5) is 14.0. The summed E-state index contributed by atoms with van der Waals surface area (Å²) in [6, 6.07) is 14.3. The maximum absolute atomic E-state index is 12.1. The molecule has 1 unspecified atom stereocenters. The molecule has 118 valence electrons. The van der Waals surface area contributed by atoms with Crippen molar-refractivity contribution in [2.24, 2.45) is 7.05 Å². The average Bonchev–Trinajstić information content (AvgIpc) is 3.09. The van der Waals surface area contributed by atoms with E-state index in [-0.39, 0.29) is 11.9 Å². The van der Waals surface area contributed by atoms with Crippen molar-refractivity contribution in [3.05, 3.63) is 59.4 Å². The molecule has 23 heavy (non-hydrogen) atoms. The number of aromatic nitrogens is 1. The summed E-state index contributed by atoms with van der Waals surface area (Å²) < 4.78 is 1.82. The summed E-state index contributed by atoms with van der Waals surface area (Å²) in [5.41, 5.74) is 2.87. The van der Waals surface area contributed by atoms with E-state index < -0.39 is 0 Å². The molecule has 1 aromatic carbocycles. The van der Waals surface area contributed by atoms with Crippen molar-refractivity contribution in [1.82, 2.24) is 14.8 Å². The number of hydrogen-bond donors (Lipinski definition) is 1. The second-order valence-corrected chi connectivity index (χ2v) is 6.00. The van der Waals surface area contributed by atoms with Crippen LogP contribution in [0.3, 0.4) is 0 Å². The predicted octanol–water partition coefficient (Wildman–Crippen LogP) is 1.79. The number of nitriles is 1. The van der Waals surface area contributed by atoms with Gasteiger partial charge in [0.15, 0.2) is 0 Å². The largest absolute Gasteiger partial charge is 0.342 e. The Balaban J connectivity index is 1.54. The first kappa shape index (κ1) is 15.3. The topological polar surface area (TPSA) is 61.1 Å². The quantitative estimate of drug-likeness (QED) is 0.916. The molecule has 0 saturated carbocycles. The zero-order chi connectivity index (χ0) is 16.2. The number of rotatable bonds is 5. The highest BCUT2D eigenvalue weighted by atomic mass is 16.2. The lowest BCUT2D eigenvalue weighted by molar-refractivity contribution is -0.128. The molecule has 2 heterocycles. The van der Waals surface area contributed by atoms with Gasteiger partial charge in [-0.3, -0.25) is 4.79 Å². The molecule has 1 fully saturated rings. The van der Waals surface area contributed by atoms with Crippen LogP contribution in [0.1, 0.15) is 23.2 Å². The zero-order valence-corrected chi connectivity index (χ0v) is 13.2. The van der Waals surface area contributed by atoms with E-state index in [2.05, 4.69) is 11.4 Å². The summed E-state index contributed by atoms with van der Waals surface area (Å²) in [5, 5.41) is 12.4. The Bertz CT molecular complexity index is 729. The van der Waals surface area contributed by atoms with E-state index in [0.29, 0.717) is 25.2 Å². The fourth-order valence-electron chi connectivity index (χ4n) is 2.97. The molecule has 1 aliphatic rings.